The third-order valence-corrected chi connectivity index (χ3v) is 5.34. The summed E-state index contributed by atoms with van der Waals surface area (Å²) in [7, 11) is 6.72. The largest absolute Gasteiger partial charge is 0.317 e. The van der Waals surface area contributed by atoms with Gasteiger partial charge in [-0.2, -0.15) is 0 Å². The van der Waals surface area contributed by atoms with Crippen molar-refractivity contribution in [2.45, 2.75) is 57.0 Å². The minimum Gasteiger partial charge on any atom is -0.317 e. The van der Waals surface area contributed by atoms with Crippen LogP contribution in [0.3, 0.4) is 0 Å². The van der Waals surface area contributed by atoms with Gasteiger partial charge in [-0.15, -0.1) is 0 Å². The van der Waals surface area contributed by atoms with Crippen LogP contribution in [0.25, 0.3) is 0 Å². The summed E-state index contributed by atoms with van der Waals surface area (Å²) in [6.45, 7) is 3.92. The lowest BCUT2D eigenvalue weighted by atomic mass is 9.89. The average Bonchev–Trinajstić information content (AvgIpc) is 2.45. The van der Waals surface area contributed by atoms with Crippen molar-refractivity contribution < 1.29 is 0 Å². The summed E-state index contributed by atoms with van der Waals surface area (Å²) in [5.74, 6) is 0.940. The van der Waals surface area contributed by atoms with Crippen LogP contribution in [-0.4, -0.2) is 62.7 Å². The first-order chi connectivity index (χ1) is 9.19. The highest BCUT2D eigenvalue weighted by molar-refractivity contribution is 4.81. The molecule has 2 rings (SSSR count). The number of likely N-dealkylation sites (tertiary alicyclic amines) is 1. The molecule has 19 heavy (non-hydrogen) atoms. The smallest absolute Gasteiger partial charge is 0.00933 e. The number of hydrogen-bond acceptors (Lipinski definition) is 3. The molecule has 1 unspecified atom stereocenters. The zero-order valence-corrected chi connectivity index (χ0v) is 13.2. The molecule has 112 valence electrons. The number of nitrogens with one attached hydrogen (secondary N) is 1. The predicted molar refractivity (Wildman–Crippen MR) is 82.6 cm³/mol. The minimum atomic E-state index is 0.775. The van der Waals surface area contributed by atoms with Gasteiger partial charge in [0.1, 0.15) is 0 Å². The van der Waals surface area contributed by atoms with Crippen LogP contribution in [0.2, 0.25) is 0 Å². The van der Waals surface area contributed by atoms with E-state index in [0.29, 0.717) is 0 Å². The molecule has 1 saturated carbocycles. The van der Waals surface area contributed by atoms with Gasteiger partial charge in [-0.25, -0.2) is 0 Å². The van der Waals surface area contributed by atoms with Gasteiger partial charge in [0.05, 0.1) is 0 Å². The molecule has 3 nitrogen and oxygen atoms in total. The van der Waals surface area contributed by atoms with Crippen molar-refractivity contribution in [1.82, 2.24) is 15.1 Å². The van der Waals surface area contributed by atoms with E-state index >= 15 is 0 Å². The summed E-state index contributed by atoms with van der Waals surface area (Å²) >= 11 is 0. The highest BCUT2D eigenvalue weighted by Gasteiger charge is 2.24. The molecule has 0 aromatic carbocycles. The monoisotopic (exact) mass is 267 g/mol. The first kappa shape index (κ1) is 15.3. The quantitative estimate of drug-likeness (QED) is 0.824. The second kappa shape index (κ2) is 7.61. The van der Waals surface area contributed by atoms with Crippen LogP contribution in [0.4, 0.5) is 0 Å². The molecule has 0 aromatic rings. The maximum Gasteiger partial charge on any atom is 0.00933 e. The molecule has 0 aromatic heterocycles. The van der Waals surface area contributed by atoms with Crippen LogP contribution < -0.4 is 5.32 Å². The van der Waals surface area contributed by atoms with Crippen molar-refractivity contribution in [3.8, 4) is 0 Å². The van der Waals surface area contributed by atoms with E-state index in [0.717, 1.165) is 18.0 Å². The Morgan fingerprint density at radius 2 is 1.89 bits per heavy atom. The molecule has 1 saturated heterocycles. The fraction of sp³-hybridized carbons (Fsp3) is 1.00. The van der Waals surface area contributed by atoms with Gasteiger partial charge in [-0.3, -0.25) is 0 Å². The van der Waals surface area contributed by atoms with E-state index in [2.05, 4.69) is 36.3 Å². The van der Waals surface area contributed by atoms with Gasteiger partial charge < -0.3 is 15.1 Å². The van der Waals surface area contributed by atoms with Gasteiger partial charge >= 0.3 is 0 Å². The first-order valence-corrected chi connectivity index (χ1v) is 8.25. The second-order valence-corrected chi connectivity index (χ2v) is 6.83. The Morgan fingerprint density at radius 3 is 2.53 bits per heavy atom. The lowest BCUT2D eigenvalue weighted by Crippen LogP contribution is -2.41. The van der Waals surface area contributed by atoms with Gasteiger partial charge in [-0.1, -0.05) is 0 Å². The Hall–Kier alpha value is -0.120. The minimum absolute atomic E-state index is 0.775. The van der Waals surface area contributed by atoms with E-state index in [1.54, 1.807) is 0 Å². The molecule has 2 aliphatic rings. The van der Waals surface area contributed by atoms with Gasteiger partial charge in [0.2, 0.25) is 0 Å². The molecule has 1 aliphatic carbocycles. The molecule has 2 fully saturated rings. The summed E-state index contributed by atoms with van der Waals surface area (Å²) in [6.07, 6.45) is 9.73. The summed E-state index contributed by atoms with van der Waals surface area (Å²) < 4.78 is 0. The standard InChI is InChI=1S/C16H33N3/c1-17-15-6-8-16(9-7-15)19(3)12-10-14-5-4-11-18(2)13-14/h14-17H,4-13H2,1-3H3. The van der Waals surface area contributed by atoms with Gasteiger partial charge in [0.15, 0.2) is 0 Å². The topological polar surface area (TPSA) is 18.5 Å². The average molecular weight is 267 g/mol. The first-order valence-electron chi connectivity index (χ1n) is 8.25. The molecule has 3 heteroatoms. The zero-order chi connectivity index (χ0) is 13.7. The van der Waals surface area contributed by atoms with Crippen LogP contribution in [0.5, 0.6) is 0 Å². The Morgan fingerprint density at radius 1 is 1.16 bits per heavy atom. The number of nitrogens with zero attached hydrogens (tertiary/aromatic N) is 2. The van der Waals surface area contributed by atoms with Crippen LogP contribution in [0.1, 0.15) is 44.9 Å². The van der Waals surface area contributed by atoms with Crippen LogP contribution >= 0.6 is 0 Å². The summed E-state index contributed by atoms with van der Waals surface area (Å²) in [6, 6.07) is 1.61. The van der Waals surface area contributed by atoms with Gasteiger partial charge in [-0.05, 0) is 85.1 Å². The predicted octanol–water partition coefficient (Wildman–Crippen LogP) is 2.18. The molecule has 0 radical (unpaired) electrons. The van der Waals surface area contributed by atoms with Gasteiger partial charge in [0.25, 0.3) is 0 Å². The number of rotatable bonds is 5. The van der Waals surface area contributed by atoms with Crippen LogP contribution in [0, 0.1) is 5.92 Å². The molecular formula is C16H33N3. The third-order valence-electron chi connectivity index (χ3n) is 5.34. The summed E-state index contributed by atoms with van der Waals surface area (Å²) in [5, 5.41) is 3.43. The number of hydrogen-bond donors (Lipinski definition) is 1. The van der Waals surface area contributed by atoms with E-state index < -0.39 is 0 Å². The van der Waals surface area contributed by atoms with E-state index in [-0.39, 0.29) is 0 Å². The third kappa shape index (κ3) is 4.73. The number of piperidine rings is 1. The van der Waals surface area contributed by atoms with Crippen molar-refractivity contribution in [3.63, 3.8) is 0 Å². The van der Waals surface area contributed by atoms with E-state index in [1.807, 2.05) is 0 Å². The highest BCUT2D eigenvalue weighted by atomic mass is 15.1. The van der Waals surface area contributed by atoms with Gasteiger partial charge in [0, 0.05) is 18.6 Å². The maximum atomic E-state index is 3.43. The molecule has 1 heterocycles. The zero-order valence-electron chi connectivity index (χ0n) is 13.2. The van der Waals surface area contributed by atoms with Crippen molar-refractivity contribution >= 4 is 0 Å². The molecule has 1 atom stereocenters. The molecule has 1 N–H and O–H groups in total. The SMILES string of the molecule is CNC1CCC(N(C)CCC2CCCN(C)C2)CC1. The van der Waals surface area contributed by atoms with E-state index in [9.17, 15) is 0 Å². The molecule has 0 bridgehead atoms. The van der Waals surface area contributed by atoms with E-state index in [4.69, 9.17) is 0 Å². The Balaban J connectivity index is 1.65. The van der Waals surface area contributed by atoms with E-state index in [1.165, 1.54) is 64.6 Å². The Kier molecular flexibility index (Phi) is 6.11. The van der Waals surface area contributed by atoms with Crippen LogP contribution in [-0.2, 0) is 0 Å². The normalized spacial score (nSPS) is 33.8. The fourth-order valence-electron chi connectivity index (χ4n) is 3.88. The van der Waals surface area contributed by atoms with Crippen molar-refractivity contribution in [2.75, 3.05) is 40.8 Å². The lowest BCUT2D eigenvalue weighted by molar-refractivity contribution is 0.145. The lowest BCUT2D eigenvalue weighted by Gasteiger charge is -2.36. The van der Waals surface area contributed by atoms with Crippen molar-refractivity contribution in [2.24, 2.45) is 5.92 Å². The summed E-state index contributed by atoms with van der Waals surface area (Å²) in [5.41, 5.74) is 0. The molecular weight excluding hydrogens is 234 g/mol. The molecule has 0 spiro atoms. The molecule has 0 amide bonds. The van der Waals surface area contributed by atoms with Crippen molar-refractivity contribution in [3.05, 3.63) is 0 Å². The second-order valence-electron chi connectivity index (χ2n) is 6.83. The highest BCUT2D eigenvalue weighted by Crippen LogP contribution is 2.24. The Bertz CT molecular complexity index is 248. The van der Waals surface area contributed by atoms with Crippen LogP contribution in [0.15, 0.2) is 0 Å². The maximum absolute atomic E-state index is 3.43. The van der Waals surface area contributed by atoms with Crippen molar-refractivity contribution in [1.29, 1.82) is 0 Å². The fourth-order valence-corrected chi connectivity index (χ4v) is 3.88. The molecule has 1 aliphatic heterocycles. The summed E-state index contributed by atoms with van der Waals surface area (Å²) in [4.78, 5) is 5.15. The Labute approximate surface area is 119 Å².